The van der Waals surface area contributed by atoms with Crippen LogP contribution in [-0.2, 0) is 9.53 Å². The standard InChI is InChI=1S/C18H19NO5/c1-11(16(20)19-13-7-3-4-8-13)23-17(21)14-10-12-6-2-5-9-15(12)24-18(14)22/h2,5-6,9-11,13H,3-4,7-8H2,1H3,(H,19,20)/t11-/m0/s1. The van der Waals surface area contributed by atoms with E-state index in [-0.39, 0.29) is 17.5 Å². The van der Waals surface area contributed by atoms with Crippen molar-refractivity contribution in [2.24, 2.45) is 0 Å². The molecule has 6 heteroatoms. The molecule has 0 saturated heterocycles. The van der Waals surface area contributed by atoms with E-state index in [1.807, 2.05) is 0 Å². The minimum absolute atomic E-state index is 0.143. The second-order valence-electron chi connectivity index (χ2n) is 6.02. The molecule has 1 aliphatic carbocycles. The van der Waals surface area contributed by atoms with Crippen LogP contribution in [0.1, 0.15) is 43.0 Å². The smallest absolute Gasteiger partial charge is 0.351 e. The van der Waals surface area contributed by atoms with Crippen LogP contribution in [0.25, 0.3) is 11.0 Å². The molecule has 0 bridgehead atoms. The van der Waals surface area contributed by atoms with Gasteiger partial charge in [0.2, 0.25) is 0 Å². The van der Waals surface area contributed by atoms with E-state index in [0.717, 1.165) is 25.7 Å². The molecule has 24 heavy (non-hydrogen) atoms. The molecule has 126 valence electrons. The predicted molar refractivity (Wildman–Crippen MR) is 87.8 cm³/mol. The number of carbonyl (C=O) groups is 2. The van der Waals surface area contributed by atoms with E-state index in [0.29, 0.717) is 11.0 Å². The van der Waals surface area contributed by atoms with Gasteiger partial charge < -0.3 is 14.5 Å². The lowest BCUT2D eigenvalue weighted by atomic mass is 10.2. The van der Waals surface area contributed by atoms with Gasteiger partial charge in [0.05, 0.1) is 0 Å². The Labute approximate surface area is 138 Å². The third-order valence-corrected chi connectivity index (χ3v) is 4.22. The molecule has 0 spiro atoms. The third kappa shape index (κ3) is 3.48. The molecule has 1 fully saturated rings. The van der Waals surface area contributed by atoms with Crippen LogP contribution < -0.4 is 10.9 Å². The van der Waals surface area contributed by atoms with Crippen molar-refractivity contribution in [1.29, 1.82) is 0 Å². The van der Waals surface area contributed by atoms with Gasteiger partial charge in [-0.05, 0) is 31.9 Å². The number of esters is 1. The maximum atomic E-state index is 12.2. The number of hydrogen-bond acceptors (Lipinski definition) is 5. The van der Waals surface area contributed by atoms with E-state index in [2.05, 4.69) is 5.32 Å². The normalized spacial score (nSPS) is 16.0. The van der Waals surface area contributed by atoms with Gasteiger partial charge in [0, 0.05) is 11.4 Å². The van der Waals surface area contributed by atoms with Crippen LogP contribution in [0, 0.1) is 0 Å². The maximum Gasteiger partial charge on any atom is 0.351 e. The summed E-state index contributed by atoms with van der Waals surface area (Å²) < 4.78 is 10.2. The first kappa shape index (κ1) is 16.2. The van der Waals surface area contributed by atoms with Crippen LogP contribution in [0.15, 0.2) is 39.5 Å². The fourth-order valence-corrected chi connectivity index (χ4v) is 2.87. The molecule has 0 unspecified atom stereocenters. The highest BCUT2D eigenvalue weighted by molar-refractivity contribution is 5.94. The Bertz CT molecular complexity index is 820. The van der Waals surface area contributed by atoms with Gasteiger partial charge in [-0.1, -0.05) is 31.0 Å². The summed E-state index contributed by atoms with van der Waals surface area (Å²) in [6, 6.07) is 8.44. The first-order valence-electron chi connectivity index (χ1n) is 8.09. The van der Waals surface area contributed by atoms with E-state index in [1.165, 1.54) is 13.0 Å². The fourth-order valence-electron chi connectivity index (χ4n) is 2.87. The van der Waals surface area contributed by atoms with Gasteiger partial charge in [-0.25, -0.2) is 9.59 Å². The van der Waals surface area contributed by atoms with Crippen molar-refractivity contribution in [1.82, 2.24) is 5.32 Å². The van der Waals surface area contributed by atoms with Gasteiger partial charge in [0.1, 0.15) is 11.1 Å². The molecule has 3 rings (SSSR count). The lowest BCUT2D eigenvalue weighted by molar-refractivity contribution is -0.129. The van der Waals surface area contributed by atoms with Gasteiger partial charge >= 0.3 is 11.6 Å². The van der Waals surface area contributed by atoms with Crippen molar-refractivity contribution in [3.8, 4) is 0 Å². The van der Waals surface area contributed by atoms with E-state index < -0.39 is 17.7 Å². The molecule has 1 aliphatic rings. The molecular weight excluding hydrogens is 310 g/mol. The summed E-state index contributed by atoms with van der Waals surface area (Å²) >= 11 is 0. The molecule has 0 radical (unpaired) electrons. The summed E-state index contributed by atoms with van der Waals surface area (Å²) in [5, 5.41) is 3.48. The molecule has 2 aromatic rings. The van der Waals surface area contributed by atoms with Crippen molar-refractivity contribution in [3.05, 3.63) is 46.3 Å². The first-order chi connectivity index (χ1) is 11.5. The zero-order valence-electron chi connectivity index (χ0n) is 13.4. The van der Waals surface area contributed by atoms with Crippen molar-refractivity contribution in [2.45, 2.75) is 44.8 Å². The van der Waals surface area contributed by atoms with Crippen molar-refractivity contribution >= 4 is 22.8 Å². The number of benzene rings is 1. The Morgan fingerprint density at radius 1 is 1.25 bits per heavy atom. The largest absolute Gasteiger partial charge is 0.449 e. The van der Waals surface area contributed by atoms with Crippen LogP contribution in [0.2, 0.25) is 0 Å². The summed E-state index contributed by atoms with van der Waals surface area (Å²) in [5.41, 5.74) is -0.595. The molecule has 6 nitrogen and oxygen atoms in total. The second-order valence-corrected chi connectivity index (χ2v) is 6.02. The molecule has 1 amide bonds. The molecule has 1 aromatic carbocycles. The molecule has 1 saturated carbocycles. The molecule has 1 heterocycles. The van der Waals surface area contributed by atoms with Crippen LogP contribution in [0.5, 0.6) is 0 Å². The number of para-hydroxylation sites is 1. The Morgan fingerprint density at radius 2 is 1.96 bits per heavy atom. The molecular formula is C18H19NO5. The quantitative estimate of drug-likeness (QED) is 0.687. The minimum atomic E-state index is -0.969. The first-order valence-corrected chi connectivity index (χ1v) is 8.09. The molecule has 1 aromatic heterocycles. The number of amides is 1. The molecule has 0 aliphatic heterocycles. The van der Waals surface area contributed by atoms with Crippen LogP contribution >= 0.6 is 0 Å². The van der Waals surface area contributed by atoms with Crippen LogP contribution in [0.3, 0.4) is 0 Å². The van der Waals surface area contributed by atoms with E-state index in [9.17, 15) is 14.4 Å². The van der Waals surface area contributed by atoms with E-state index in [1.54, 1.807) is 24.3 Å². The monoisotopic (exact) mass is 329 g/mol. The van der Waals surface area contributed by atoms with Gasteiger partial charge in [-0.3, -0.25) is 4.79 Å². The van der Waals surface area contributed by atoms with Crippen molar-refractivity contribution in [3.63, 3.8) is 0 Å². The second kappa shape index (κ2) is 6.86. The van der Waals surface area contributed by atoms with Crippen LogP contribution in [0.4, 0.5) is 0 Å². The lowest BCUT2D eigenvalue weighted by Gasteiger charge is -2.16. The number of fused-ring (bicyclic) bond motifs is 1. The SMILES string of the molecule is C[C@H](OC(=O)c1cc2ccccc2oc1=O)C(=O)NC1CCCC1. The highest BCUT2D eigenvalue weighted by atomic mass is 16.5. The van der Waals surface area contributed by atoms with Gasteiger partial charge in [0.15, 0.2) is 6.10 Å². The van der Waals surface area contributed by atoms with E-state index >= 15 is 0 Å². The van der Waals surface area contributed by atoms with Gasteiger partial charge in [0.25, 0.3) is 5.91 Å². The molecule has 1 atom stereocenters. The summed E-state index contributed by atoms with van der Waals surface area (Å²) in [4.78, 5) is 36.2. The average Bonchev–Trinajstić information content (AvgIpc) is 3.06. The number of hydrogen-bond donors (Lipinski definition) is 1. The maximum absolute atomic E-state index is 12.2. The zero-order chi connectivity index (χ0) is 17.1. The highest BCUT2D eigenvalue weighted by Crippen LogP contribution is 2.18. The summed E-state index contributed by atoms with van der Waals surface area (Å²) in [6.07, 6.45) is 3.11. The molecule has 1 N–H and O–H groups in total. The Balaban J connectivity index is 1.70. The lowest BCUT2D eigenvalue weighted by Crippen LogP contribution is -2.41. The van der Waals surface area contributed by atoms with Crippen LogP contribution in [-0.4, -0.2) is 24.0 Å². The number of rotatable bonds is 4. The summed E-state index contributed by atoms with van der Waals surface area (Å²) in [7, 11) is 0. The fraction of sp³-hybridized carbons (Fsp3) is 0.389. The van der Waals surface area contributed by atoms with Crippen molar-refractivity contribution < 1.29 is 18.7 Å². The Kier molecular flexibility index (Phi) is 4.64. The van der Waals surface area contributed by atoms with E-state index in [4.69, 9.17) is 9.15 Å². The predicted octanol–water partition coefficient (Wildman–Crippen LogP) is 2.40. The minimum Gasteiger partial charge on any atom is -0.449 e. The van der Waals surface area contributed by atoms with Crippen molar-refractivity contribution in [2.75, 3.05) is 0 Å². The highest BCUT2D eigenvalue weighted by Gasteiger charge is 2.25. The topological polar surface area (TPSA) is 85.6 Å². The van der Waals surface area contributed by atoms with Gasteiger partial charge in [-0.15, -0.1) is 0 Å². The third-order valence-electron chi connectivity index (χ3n) is 4.22. The number of nitrogens with one attached hydrogen (secondary N) is 1. The summed E-state index contributed by atoms with van der Waals surface area (Å²) in [5.74, 6) is -1.20. The average molecular weight is 329 g/mol. The Hall–Kier alpha value is -2.63. The Morgan fingerprint density at radius 3 is 2.71 bits per heavy atom. The zero-order valence-corrected chi connectivity index (χ0v) is 13.4. The number of carbonyl (C=O) groups excluding carboxylic acids is 2. The summed E-state index contributed by atoms with van der Waals surface area (Å²) in [6.45, 7) is 1.49. The number of ether oxygens (including phenoxy) is 1. The van der Waals surface area contributed by atoms with Gasteiger partial charge in [-0.2, -0.15) is 0 Å².